The van der Waals surface area contributed by atoms with Crippen molar-refractivity contribution in [2.45, 2.75) is 31.7 Å². The average molecular weight is 356 g/mol. The van der Waals surface area contributed by atoms with Crippen molar-refractivity contribution in [2.24, 2.45) is 0 Å². The summed E-state index contributed by atoms with van der Waals surface area (Å²) in [6, 6.07) is 3.78. The summed E-state index contributed by atoms with van der Waals surface area (Å²) in [6.45, 7) is 0. The summed E-state index contributed by atoms with van der Waals surface area (Å²) in [5.74, 6) is -1.36. The number of carbonyl (C=O) groups excluding carboxylic acids is 2. The number of anilines is 1. The van der Waals surface area contributed by atoms with Crippen LogP contribution in [0.15, 0.2) is 18.2 Å². The number of ether oxygens (including phenoxy) is 2. The second-order valence-electron chi connectivity index (χ2n) is 5.45. The molecule has 132 valence electrons. The van der Waals surface area contributed by atoms with E-state index in [1.165, 1.54) is 32.4 Å². The summed E-state index contributed by atoms with van der Waals surface area (Å²) in [5.41, 5.74) is 0.0703. The summed E-state index contributed by atoms with van der Waals surface area (Å²) in [7, 11) is -1.49. The number of benzene rings is 1. The van der Waals surface area contributed by atoms with Crippen LogP contribution in [0.5, 0.6) is 0 Å². The molecule has 0 amide bonds. The number of esters is 2. The zero-order valence-corrected chi connectivity index (χ0v) is 14.3. The van der Waals surface area contributed by atoms with E-state index in [-0.39, 0.29) is 22.9 Å². The zero-order valence-electron chi connectivity index (χ0n) is 13.5. The van der Waals surface area contributed by atoms with E-state index in [2.05, 4.69) is 18.9 Å². The van der Waals surface area contributed by atoms with E-state index in [9.17, 15) is 18.0 Å². The molecule has 0 radical (unpaired) electrons. The Labute approximate surface area is 140 Å². The topological polar surface area (TPSA) is 111 Å². The van der Waals surface area contributed by atoms with Gasteiger partial charge in [-0.3, -0.25) is 4.72 Å². The molecular formula is C15H20N2O6S. The van der Waals surface area contributed by atoms with Crippen LogP contribution in [0.3, 0.4) is 0 Å². The fourth-order valence-electron chi connectivity index (χ4n) is 2.60. The molecule has 0 spiro atoms. The van der Waals surface area contributed by atoms with Crippen molar-refractivity contribution in [2.75, 3.05) is 18.9 Å². The Kier molecular flexibility index (Phi) is 5.79. The Hall–Kier alpha value is -2.13. The van der Waals surface area contributed by atoms with Gasteiger partial charge in [-0.15, -0.1) is 0 Å². The molecule has 9 heteroatoms. The Morgan fingerprint density at radius 1 is 1.08 bits per heavy atom. The van der Waals surface area contributed by atoms with Crippen molar-refractivity contribution >= 4 is 27.8 Å². The minimum Gasteiger partial charge on any atom is -0.465 e. The van der Waals surface area contributed by atoms with Gasteiger partial charge in [0.05, 0.1) is 31.0 Å². The lowest BCUT2D eigenvalue weighted by Crippen LogP contribution is -2.37. The summed E-state index contributed by atoms with van der Waals surface area (Å²) in [4.78, 5) is 23.5. The van der Waals surface area contributed by atoms with Crippen LogP contribution in [0.1, 0.15) is 46.4 Å². The van der Waals surface area contributed by atoms with Gasteiger partial charge in [0.2, 0.25) is 0 Å². The highest BCUT2D eigenvalue weighted by Gasteiger charge is 2.24. The van der Waals surface area contributed by atoms with E-state index in [1.54, 1.807) is 0 Å². The van der Waals surface area contributed by atoms with Gasteiger partial charge in [0.25, 0.3) is 10.2 Å². The first kappa shape index (κ1) is 18.2. The molecule has 1 saturated carbocycles. The minimum absolute atomic E-state index is 0.00181. The van der Waals surface area contributed by atoms with Gasteiger partial charge in [-0.2, -0.15) is 13.1 Å². The normalized spacial score (nSPS) is 15.1. The molecule has 0 unspecified atom stereocenters. The summed E-state index contributed by atoms with van der Waals surface area (Å²) in [5, 5.41) is 0. The number of nitrogens with one attached hydrogen (secondary N) is 2. The van der Waals surface area contributed by atoms with Gasteiger partial charge in [-0.1, -0.05) is 12.8 Å². The number of hydrogen-bond donors (Lipinski definition) is 2. The van der Waals surface area contributed by atoms with E-state index >= 15 is 0 Å². The van der Waals surface area contributed by atoms with E-state index in [1.807, 2.05) is 0 Å². The maximum atomic E-state index is 12.3. The van der Waals surface area contributed by atoms with Gasteiger partial charge in [0, 0.05) is 6.04 Å². The lowest BCUT2D eigenvalue weighted by atomic mass is 10.1. The Morgan fingerprint density at radius 3 is 2.29 bits per heavy atom. The number of carbonyl (C=O) groups is 2. The Balaban J connectivity index is 2.30. The highest BCUT2D eigenvalue weighted by Crippen LogP contribution is 2.22. The van der Waals surface area contributed by atoms with Crippen LogP contribution in [0.4, 0.5) is 5.69 Å². The van der Waals surface area contributed by atoms with Crippen molar-refractivity contribution in [3.63, 3.8) is 0 Å². The Morgan fingerprint density at radius 2 is 1.71 bits per heavy atom. The molecule has 1 aromatic carbocycles. The second kappa shape index (κ2) is 7.63. The van der Waals surface area contributed by atoms with Crippen molar-refractivity contribution < 1.29 is 27.5 Å². The summed E-state index contributed by atoms with van der Waals surface area (Å²) in [6.07, 6.45) is 3.48. The molecule has 0 aromatic heterocycles. The molecule has 1 fully saturated rings. The van der Waals surface area contributed by atoms with E-state index < -0.39 is 22.1 Å². The van der Waals surface area contributed by atoms with Crippen molar-refractivity contribution in [3.8, 4) is 0 Å². The van der Waals surface area contributed by atoms with E-state index in [4.69, 9.17) is 0 Å². The quantitative estimate of drug-likeness (QED) is 0.746. The van der Waals surface area contributed by atoms with Gasteiger partial charge < -0.3 is 9.47 Å². The molecule has 0 bridgehead atoms. The van der Waals surface area contributed by atoms with E-state index in [0.29, 0.717) is 0 Å². The smallest absolute Gasteiger partial charge is 0.339 e. The number of hydrogen-bond acceptors (Lipinski definition) is 6. The molecular weight excluding hydrogens is 336 g/mol. The van der Waals surface area contributed by atoms with Crippen molar-refractivity contribution in [1.29, 1.82) is 0 Å². The molecule has 8 nitrogen and oxygen atoms in total. The third-order valence-electron chi connectivity index (χ3n) is 3.77. The predicted molar refractivity (Wildman–Crippen MR) is 87.1 cm³/mol. The molecule has 2 N–H and O–H groups in total. The maximum Gasteiger partial charge on any atom is 0.339 e. The van der Waals surface area contributed by atoms with Gasteiger partial charge in [0.1, 0.15) is 0 Å². The van der Waals surface area contributed by atoms with Gasteiger partial charge in [0.15, 0.2) is 0 Å². The maximum absolute atomic E-state index is 12.3. The molecule has 0 saturated heterocycles. The lowest BCUT2D eigenvalue weighted by Gasteiger charge is -2.16. The Bertz CT molecular complexity index is 725. The van der Waals surface area contributed by atoms with Crippen LogP contribution >= 0.6 is 0 Å². The highest BCUT2D eigenvalue weighted by molar-refractivity contribution is 7.90. The third-order valence-corrected chi connectivity index (χ3v) is 4.90. The number of rotatable bonds is 6. The second-order valence-corrected chi connectivity index (χ2v) is 6.89. The minimum atomic E-state index is -3.89. The fraction of sp³-hybridized carbons (Fsp3) is 0.467. The van der Waals surface area contributed by atoms with Gasteiger partial charge >= 0.3 is 11.9 Å². The van der Waals surface area contributed by atoms with Gasteiger partial charge in [-0.25, -0.2) is 9.59 Å². The zero-order chi connectivity index (χ0) is 17.7. The highest BCUT2D eigenvalue weighted by atomic mass is 32.2. The van der Waals surface area contributed by atoms with Crippen molar-refractivity contribution in [1.82, 2.24) is 4.72 Å². The monoisotopic (exact) mass is 356 g/mol. The van der Waals surface area contributed by atoms with Crippen LogP contribution in [-0.2, 0) is 19.7 Å². The molecule has 1 aromatic rings. The molecule has 0 aliphatic heterocycles. The summed E-state index contributed by atoms with van der Waals surface area (Å²) < 4.78 is 38.7. The first-order chi connectivity index (χ1) is 11.4. The standard InChI is InChI=1S/C15H20N2O6S/c1-22-14(18)10-7-8-12(15(19)23-2)13(9-10)17-24(20,21)16-11-5-3-4-6-11/h7-9,11,16-17H,3-6H2,1-2H3. The van der Waals surface area contributed by atoms with E-state index in [0.717, 1.165) is 25.7 Å². The molecule has 1 aliphatic rings. The van der Waals surface area contributed by atoms with Crippen LogP contribution in [0.25, 0.3) is 0 Å². The number of methoxy groups -OCH3 is 2. The SMILES string of the molecule is COC(=O)c1ccc(C(=O)OC)c(NS(=O)(=O)NC2CCCC2)c1. The predicted octanol–water partition coefficient (Wildman–Crippen LogP) is 1.45. The molecule has 0 atom stereocenters. The van der Waals surface area contributed by atoms with Crippen LogP contribution in [0.2, 0.25) is 0 Å². The molecule has 1 aliphatic carbocycles. The summed E-state index contributed by atoms with van der Waals surface area (Å²) >= 11 is 0. The molecule has 2 rings (SSSR count). The largest absolute Gasteiger partial charge is 0.465 e. The first-order valence-electron chi connectivity index (χ1n) is 7.47. The third kappa shape index (κ3) is 4.45. The van der Waals surface area contributed by atoms with Crippen molar-refractivity contribution in [3.05, 3.63) is 29.3 Å². The van der Waals surface area contributed by atoms with Crippen LogP contribution in [0, 0.1) is 0 Å². The average Bonchev–Trinajstić information content (AvgIpc) is 3.04. The van der Waals surface area contributed by atoms with Crippen LogP contribution in [-0.4, -0.2) is 40.6 Å². The fourth-order valence-corrected chi connectivity index (χ4v) is 3.79. The van der Waals surface area contributed by atoms with Gasteiger partial charge in [-0.05, 0) is 31.0 Å². The first-order valence-corrected chi connectivity index (χ1v) is 8.95. The lowest BCUT2D eigenvalue weighted by molar-refractivity contribution is 0.0587. The van der Waals surface area contributed by atoms with Crippen LogP contribution < -0.4 is 9.44 Å². The molecule has 24 heavy (non-hydrogen) atoms. The molecule has 0 heterocycles.